The Morgan fingerprint density at radius 3 is 1.51 bits per heavy atom. The summed E-state index contributed by atoms with van der Waals surface area (Å²) < 4.78 is 33.8. The zero-order chi connectivity index (χ0) is 42.1. The topological polar surface area (TPSA) is 111 Å². The van der Waals surface area contributed by atoms with Crippen LogP contribution in [0.1, 0.15) is 162 Å². The Labute approximate surface area is 348 Å². The van der Waals surface area contributed by atoms with Crippen molar-refractivity contribution in [1.82, 2.24) is 0 Å². The fourth-order valence-electron chi connectivity index (χ4n) is 5.51. The minimum Gasteiger partial charge on any atom is -0.756 e. The first-order valence-corrected chi connectivity index (χ1v) is 23.6. The third-order valence-electron chi connectivity index (χ3n) is 8.94. The highest BCUT2D eigenvalue weighted by atomic mass is 31.2. The molecule has 0 aromatic heterocycles. The van der Waals surface area contributed by atoms with Crippen LogP contribution < -0.4 is 4.89 Å². The Balaban J connectivity index is 4.32. The first-order chi connectivity index (χ1) is 27.5. The highest BCUT2D eigenvalue weighted by molar-refractivity contribution is 7.45. The van der Waals surface area contributed by atoms with Gasteiger partial charge in [-0.15, -0.1) is 0 Å². The van der Waals surface area contributed by atoms with Crippen LogP contribution in [0.25, 0.3) is 0 Å². The van der Waals surface area contributed by atoms with Gasteiger partial charge in [0.25, 0.3) is 7.82 Å². The summed E-state index contributed by atoms with van der Waals surface area (Å²) in [6, 6.07) is 0. The Morgan fingerprint density at radius 1 is 0.561 bits per heavy atom. The highest BCUT2D eigenvalue weighted by Crippen LogP contribution is 2.38. The van der Waals surface area contributed by atoms with E-state index in [0.29, 0.717) is 23.9 Å². The van der Waals surface area contributed by atoms with Crippen molar-refractivity contribution in [2.75, 3.05) is 47.5 Å². The summed E-state index contributed by atoms with van der Waals surface area (Å²) in [6.45, 7) is 4.00. The second kappa shape index (κ2) is 38.9. The molecule has 0 aliphatic carbocycles. The first kappa shape index (κ1) is 54.5. The van der Waals surface area contributed by atoms with Gasteiger partial charge in [-0.2, -0.15) is 0 Å². The minimum atomic E-state index is -4.63. The van der Waals surface area contributed by atoms with Crippen LogP contribution in [-0.4, -0.2) is 70.0 Å². The molecule has 0 saturated heterocycles. The monoisotopic (exact) mass is 820 g/mol. The van der Waals surface area contributed by atoms with Gasteiger partial charge in [0.1, 0.15) is 19.8 Å². The molecule has 0 aromatic rings. The largest absolute Gasteiger partial charge is 0.756 e. The van der Waals surface area contributed by atoms with Gasteiger partial charge in [0.2, 0.25) is 0 Å². The highest BCUT2D eigenvalue weighted by Gasteiger charge is 2.21. The predicted octanol–water partition coefficient (Wildman–Crippen LogP) is 12.0. The van der Waals surface area contributed by atoms with E-state index < -0.39 is 32.5 Å². The molecule has 0 fully saturated rings. The van der Waals surface area contributed by atoms with Crippen molar-refractivity contribution < 1.29 is 42.1 Å². The molecule has 0 aliphatic heterocycles. The Morgan fingerprint density at radius 2 is 1.00 bits per heavy atom. The van der Waals surface area contributed by atoms with Crippen LogP contribution in [0.3, 0.4) is 0 Å². The Kier molecular flexibility index (Phi) is 37.2. The van der Waals surface area contributed by atoms with Gasteiger partial charge in [-0.05, 0) is 77.0 Å². The van der Waals surface area contributed by atoms with Gasteiger partial charge in [-0.25, -0.2) is 0 Å². The summed E-state index contributed by atoms with van der Waals surface area (Å²) in [6.07, 6.45) is 47.9. The summed E-state index contributed by atoms with van der Waals surface area (Å²) in [7, 11) is 1.14. The normalized spacial score (nSPS) is 14.3. The lowest BCUT2D eigenvalue weighted by molar-refractivity contribution is -0.870. The number of unbranched alkanes of at least 4 members (excludes halogenated alkanes) is 13. The van der Waals surface area contributed by atoms with E-state index in [9.17, 15) is 19.0 Å². The van der Waals surface area contributed by atoms with Crippen LogP contribution in [0, 0.1) is 0 Å². The quantitative estimate of drug-likeness (QED) is 0.0198. The molecule has 0 aliphatic rings. The molecular formula is C47H82NO8P. The van der Waals surface area contributed by atoms with Crippen molar-refractivity contribution >= 4 is 19.8 Å². The van der Waals surface area contributed by atoms with E-state index in [2.05, 4.69) is 86.8 Å². The number of hydrogen-bond acceptors (Lipinski definition) is 8. The van der Waals surface area contributed by atoms with E-state index in [1.807, 2.05) is 21.1 Å². The molecule has 0 bridgehead atoms. The van der Waals surface area contributed by atoms with Crippen LogP contribution in [-0.2, 0) is 32.7 Å². The molecule has 57 heavy (non-hydrogen) atoms. The first-order valence-electron chi connectivity index (χ1n) is 22.1. The van der Waals surface area contributed by atoms with E-state index in [4.69, 9.17) is 18.5 Å². The van der Waals surface area contributed by atoms with Gasteiger partial charge in [-0.1, -0.05) is 145 Å². The molecule has 2 atom stereocenters. The van der Waals surface area contributed by atoms with E-state index in [1.165, 1.54) is 25.7 Å². The van der Waals surface area contributed by atoms with Crippen molar-refractivity contribution in [2.24, 2.45) is 0 Å². The molecule has 0 amide bonds. The summed E-state index contributed by atoms with van der Waals surface area (Å²) in [4.78, 5) is 37.5. The average molecular weight is 820 g/mol. The average Bonchev–Trinajstić information content (AvgIpc) is 3.16. The molecule has 0 spiro atoms. The second-order valence-electron chi connectivity index (χ2n) is 15.7. The fourth-order valence-corrected chi connectivity index (χ4v) is 6.23. The van der Waals surface area contributed by atoms with Crippen molar-refractivity contribution in [3.8, 4) is 0 Å². The number of rotatable bonds is 39. The molecule has 0 rings (SSSR count). The van der Waals surface area contributed by atoms with Crippen molar-refractivity contribution in [2.45, 2.75) is 168 Å². The fraction of sp³-hybridized carbons (Fsp3) is 0.702. The smallest absolute Gasteiger partial charge is 0.306 e. The third kappa shape index (κ3) is 42.9. The van der Waals surface area contributed by atoms with Gasteiger partial charge in [-0.3, -0.25) is 14.2 Å². The molecule has 0 N–H and O–H groups in total. The summed E-state index contributed by atoms with van der Waals surface area (Å²) in [5.41, 5.74) is 0. The van der Waals surface area contributed by atoms with Crippen LogP contribution >= 0.6 is 7.82 Å². The van der Waals surface area contributed by atoms with E-state index in [0.717, 1.165) is 96.3 Å². The maximum Gasteiger partial charge on any atom is 0.306 e. The van der Waals surface area contributed by atoms with E-state index in [1.54, 1.807) is 0 Å². The summed E-state index contributed by atoms with van der Waals surface area (Å²) in [5, 5.41) is 0. The summed E-state index contributed by atoms with van der Waals surface area (Å²) >= 11 is 0. The molecule has 0 radical (unpaired) electrons. The molecule has 10 heteroatoms. The standard InChI is InChI=1S/C47H82NO8P/c1-6-8-10-12-14-16-18-19-20-21-22-23-24-25-26-27-28-29-30-32-34-36-38-40-47(50)56-45(44-55-57(51,52)54-42-41-48(3,4)5)43-53-46(49)39-37-35-33-31-17-15-13-11-9-7-2/h8,10-11,13-14,16,19-20,22-23,25-26,45H,6-7,9,12,15,17-18,21,24,27-44H2,1-5H3/b10-8-,13-11-,16-14-,20-19-,23-22-,26-25-. The third-order valence-corrected chi connectivity index (χ3v) is 9.91. The predicted molar refractivity (Wildman–Crippen MR) is 236 cm³/mol. The molecule has 0 saturated carbocycles. The minimum absolute atomic E-state index is 0.0381. The maximum absolute atomic E-state index is 12.7. The van der Waals surface area contributed by atoms with Crippen molar-refractivity contribution in [3.05, 3.63) is 72.9 Å². The Bertz CT molecular complexity index is 1200. The van der Waals surface area contributed by atoms with Crippen LogP contribution in [0.15, 0.2) is 72.9 Å². The number of carbonyl (C=O) groups is 2. The van der Waals surface area contributed by atoms with Crippen molar-refractivity contribution in [3.63, 3.8) is 0 Å². The number of esters is 2. The Hall–Kier alpha value is -2.55. The number of hydrogen-bond donors (Lipinski definition) is 0. The number of nitrogens with zero attached hydrogens (tertiary/aromatic N) is 1. The number of likely N-dealkylation sites (N-methyl/N-ethyl adjacent to an activating group) is 1. The zero-order valence-electron chi connectivity index (χ0n) is 36.8. The van der Waals surface area contributed by atoms with E-state index in [-0.39, 0.29) is 26.1 Å². The van der Waals surface area contributed by atoms with Crippen LogP contribution in [0.4, 0.5) is 0 Å². The number of ether oxygens (including phenoxy) is 2. The number of carbonyl (C=O) groups excluding carboxylic acids is 2. The van der Waals surface area contributed by atoms with Gasteiger partial charge in [0.05, 0.1) is 27.7 Å². The molecule has 0 heterocycles. The van der Waals surface area contributed by atoms with Gasteiger partial charge < -0.3 is 27.9 Å². The number of quaternary nitrogens is 1. The SMILES string of the molecule is CC/C=C\C/C=C\C/C=C\C/C=C\C/C=C\CCCCCCCCCC(=O)OC(COC(=O)CCCCCCC/C=C\CCC)COP(=O)([O-])OCC[N+](C)(C)C. The van der Waals surface area contributed by atoms with Gasteiger partial charge in [0.15, 0.2) is 6.10 Å². The lowest BCUT2D eigenvalue weighted by Gasteiger charge is -2.28. The lowest BCUT2D eigenvalue weighted by atomic mass is 10.1. The molecule has 9 nitrogen and oxygen atoms in total. The van der Waals surface area contributed by atoms with E-state index >= 15 is 0 Å². The zero-order valence-corrected chi connectivity index (χ0v) is 37.7. The molecular weight excluding hydrogens is 737 g/mol. The molecule has 0 aromatic carbocycles. The lowest BCUT2D eigenvalue weighted by Crippen LogP contribution is -2.37. The molecule has 2 unspecified atom stereocenters. The van der Waals surface area contributed by atoms with Crippen molar-refractivity contribution in [1.29, 1.82) is 0 Å². The number of phosphoric acid groups is 1. The second-order valence-corrected chi connectivity index (χ2v) is 17.1. The maximum atomic E-state index is 12.7. The summed E-state index contributed by atoms with van der Waals surface area (Å²) in [5.74, 6) is -0.867. The number of allylic oxidation sites excluding steroid dienone is 12. The van der Waals surface area contributed by atoms with Crippen LogP contribution in [0.2, 0.25) is 0 Å². The molecule has 328 valence electrons. The number of phosphoric ester groups is 1. The van der Waals surface area contributed by atoms with Gasteiger partial charge >= 0.3 is 11.9 Å². The van der Waals surface area contributed by atoms with Crippen LogP contribution in [0.5, 0.6) is 0 Å². The van der Waals surface area contributed by atoms with Gasteiger partial charge in [0, 0.05) is 12.8 Å².